The summed E-state index contributed by atoms with van der Waals surface area (Å²) in [4.78, 5) is 12.5. The Labute approximate surface area is 365 Å². The lowest BCUT2D eigenvalue weighted by atomic mass is 9.65. The number of carbonyl (C=O) groups is 1. The molecular weight excluding hydrogens is 857 g/mol. The van der Waals surface area contributed by atoms with Gasteiger partial charge in [-0.2, -0.15) is 43.3 Å². The van der Waals surface area contributed by atoms with Gasteiger partial charge in [-0.1, -0.05) is 18.4 Å². The molecule has 0 aromatic heterocycles. The van der Waals surface area contributed by atoms with E-state index in [1.165, 1.54) is 0 Å². The Bertz CT molecular complexity index is 1630. The molecule has 0 aromatic carbocycles. The largest absolute Gasteiger partial charge is 0.390 e. The van der Waals surface area contributed by atoms with Crippen LogP contribution in [0.3, 0.4) is 0 Å². The Morgan fingerprint density at radius 2 is 1.46 bits per heavy atom. The van der Waals surface area contributed by atoms with Crippen LogP contribution >= 0.6 is 12.0 Å². The quantitative estimate of drug-likeness (QED) is 0.0255. The van der Waals surface area contributed by atoms with E-state index in [9.17, 15) is 31.6 Å². The SMILES string of the molecule is CCC(=O)NC1CC(N=NC2CCC(N=NC3C(OS(=O)O)CC4CCC(NC5CCCC(S(=O)(=O)O)C5)CC4C3O)C(OC)C2)CCC1N=NC1CCC(SOOO)CC1. The van der Waals surface area contributed by atoms with Gasteiger partial charge in [0.15, 0.2) is 0 Å². The minimum Gasteiger partial charge on any atom is -0.390 e. The van der Waals surface area contributed by atoms with Gasteiger partial charge in [0, 0.05) is 42.9 Å². The normalized spacial score (nSPS) is 40.9. The van der Waals surface area contributed by atoms with Crippen molar-refractivity contribution in [3.05, 3.63) is 0 Å². The third-order valence-corrected chi connectivity index (χ3v) is 16.5. The molecule has 15 atom stereocenters. The van der Waals surface area contributed by atoms with Gasteiger partial charge in [0.05, 0.1) is 53.7 Å². The summed E-state index contributed by atoms with van der Waals surface area (Å²) in [7, 11) is -2.48. The van der Waals surface area contributed by atoms with Gasteiger partial charge in [-0.15, -0.1) is 4.33 Å². The van der Waals surface area contributed by atoms with Crippen molar-refractivity contribution in [3.8, 4) is 0 Å². The van der Waals surface area contributed by atoms with E-state index in [1.54, 1.807) is 7.11 Å². The zero-order chi connectivity index (χ0) is 43.5. The molecule has 0 heterocycles. The highest BCUT2D eigenvalue weighted by molar-refractivity contribution is 7.95. The molecule has 0 saturated heterocycles. The third kappa shape index (κ3) is 14.2. The second-order valence-electron chi connectivity index (χ2n) is 17.9. The standard InChI is InChI=1S/C38H66N8O12S3/c1-3-36(47)40-33-20-26(11-15-31(33)44-41-23-9-13-28(14-10-23)59-58-57-49)42-43-27-12-16-32(34(21-27)55-2)45-46-37-35(56-60(50)51)17-22-7-8-25(19-30(22)38(37)48)39-24-5-4-6-29(18-24)61(52,53)54/h22-35,37-39,48-49H,3-21H2,1-2H3,(H,40,47)(H,50,51)(H,52,53,54). The van der Waals surface area contributed by atoms with Crippen LogP contribution in [-0.2, 0) is 44.6 Å². The number of amides is 1. The van der Waals surface area contributed by atoms with Crippen molar-refractivity contribution in [1.82, 2.24) is 10.6 Å². The van der Waals surface area contributed by atoms with Gasteiger partial charge in [-0.05, 0) is 121 Å². The molecule has 0 bridgehead atoms. The maximum Gasteiger partial charge on any atom is 0.302 e. The fourth-order valence-corrected chi connectivity index (χ4v) is 12.5. The molecule has 0 spiro atoms. The molecular formula is C38H66N8O12S3. The van der Waals surface area contributed by atoms with Crippen LogP contribution in [0.5, 0.6) is 0 Å². The van der Waals surface area contributed by atoms with Crippen molar-refractivity contribution in [2.45, 2.75) is 212 Å². The van der Waals surface area contributed by atoms with Crippen molar-refractivity contribution in [1.29, 1.82) is 0 Å². The Kier molecular flexibility index (Phi) is 18.8. The number of hydrogen-bond donors (Lipinski definition) is 6. The van der Waals surface area contributed by atoms with E-state index in [-0.39, 0.29) is 77.4 Å². The number of hydrogen-bond acceptors (Lipinski definition) is 18. The first kappa shape index (κ1) is 48.8. The van der Waals surface area contributed by atoms with Crippen LogP contribution in [0.1, 0.15) is 129 Å². The molecule has 0 aliphatic heterocycles. The highest BCUT2D eigenvalue weighted by Crippen LogP contribution is 2.44. The fourth-order valence-electron chi connectivity index (χ4n) is 10.6. The summed E-state index contributed by atoms with van der Waals surface area (Å²) in [5, 5.41) is 58.4. The number of methoxy groups -OCH3 is 1. The minimum atomic E-state index is -4.11. The first-order valence-corrected chi connectivity index (χ1v) is 25.5. The molecule has 6 rings (SSSR count). The molecule has 6 saturated carbocycles. The summed E-state index contributed by atoms with van der Waals surface area (Å²) in [6.45, 7) is 1.82. The van der Waals surface area contributed by atoms with E-state index in [2.05, 4.69) is 35.3 Å². The number of aliphatic hydroxyl groups excluding tert-OH is 1. The van der Waals surface area contributed by atoms with Gasteiger partial charge in [0.1, 0.15) is 12.1 Å². The van der Waals surface area contributed by atoms with Crippen molar-refractivity contribution < 1.29 is 55.2 Å². The van der Waals surface area contributed by atoms with Crippen molar-refractivity contribution in [2.24, 2.45) is 42.5 Å². The Hall–Kier alpha value is -1.64. The number of ether oxygens (including phenoxy) is 1. The monoisotopic (exact) mass is 922 g/mol. The average molecular weight is 923 g/mol. The fraction of sp³-hybridized carbons (Fsp3) is 0.974. The number of rotatable bonds is 17. The molecule has 0 aromatic rings. The highest BCUT2D eigenvalue weighted by atomic mass is 32.2. The molecule has 15 unspecified atom stereocenters. The van der Waals surface area contributed by atoms with Crippen LogP contribution in [0.4, 0.5) is 0 Å². The van der Waals surface area contributed by atoms with E-state index in [0.29, 0.717) is 64.2 Å². The van der Waals surface area contributed by atoms with E-state index in [0.717, 1.165) is 69.8 Å². The van der Waals surface area contributed by atoms with Crippen LogP contribution in [0, 0.1) is 11.8 Å². The highest BCUT2D eigenvalue weighted by Gasteiger charge is 2.49. The Morgan fingerprint density at radius 1 is 0.787 bits per heavy atom. The molecule has 1 amide bonds. The van der Waals surface area contributed by atoms with Gasteiger partial charge in [-0.25, -0.2) is 5.26 Å². The lowest BCUT2D eigenvalue weighted by Crippen LogP contribution is -2.55. The van der Waals surface area contributed by atoms with E-state index in [1.807, 2.05) is 6.92 Å². The molecule has 6 N–H and O–H groups in total. The predicted octanol–water partition coefficient (Wildman–Crippen LogP) is 5.70. The number of aliphatic hydroxyl groups is 1. The molecule has 6 aliphatic rings. The molecule has 6 aliphatic carbocycles. The van der Waals surface area contributed by atoms with Gasteiger partial charge in [-0.3, -0.25) is 18.1 Å². The second-order valence-corrected chi connectivity index (χ2v) is 21.2. The van der Waals surface area contributed by atoms with Gasteiger partial charge >= 0.3 is 11.4 Å². The smallest absolute Gasteiger partial charge is 0.302 e. The molecule has 23 heteroatoms. The Morgan fingerprint density at radius 3 is 2.15 bits per heavy atom. The van der Waals surface area contributed by atoms with Crippen molar-refractivity contribution in [2.75, 3.05) is 7.11 Å². The zero-order valence-electron chi connectivity index (χ0n) is 35.1. The first-order chi connectivity index (χ1) is 29.3. The molecule has 6 fully saturated rings. The van der Waals surface area contributed by atoms with Gasteiger partial charge in [0.2, 0.25) is 5.91 Å². The summed E-state index contributed by atoms with van der Waals surface area (Å²) in [5.41, 5.74) is 0. The van der Waals surface area contributed by atoms with Crippen molar-refractivity contribution in [3.63, 3.8) is 0 Å². The molecule has 348 valence electrons. The zero-order valence-corrected chi connectivity index (χ0v) is 37.6. The topological polar surface area (TPSA) is 284 Å². The van der Waals surface area contributed by atoms with Gasteiger partial charge < -0.3 is 20.5 Å². The number of nitrogens with zero attached hydrogens (tertiary/aromatic N) is 6. The van der Waals surface area contributed by atoms with Crippen molar-refractivity contribution >= 4 is 39.4 Å². The minimum absolute atomic E-state index is 0.0432. The summed E-state index contributed by atoms with van der Waals surface area (Å²) in [5.74, 6) is -0.149. The maximum absolute atomic E-state index is 12.5. The Balaban J connectivity index is 1.02. The summed E-state index contributed by atoms with van der Waals surface area (Å²) in [6, 6.07) is -1.61. The summed E-state index contributed by atoms with van der Waals surface area (Å²) >= 11 is -1.44. The first-order valence-electron chi connectivity index (χ1n) is 22.2. The number of azo groups is 3. The van der Waals surface area contributed by atoms with Gasteiger partial charge in [0.25, 0.3) is 10.1 Å². The van der Waals surface area contributed by atoms with E-state index in [4.69, 9.17) is 29.5 Å². The lowest BCUT2D eigenvalue weighted by molar-refractivity contribution is -0.432. The second kappa shape index (κ2) is 23.5. The summed E-state index contributed by atoms with van der Waals surface area (Å²) < 4.78 is 70.8. The number of nitrogens with one attached hydrogen (secondary N) is 2. The lowest BCUT2D eigenvalue weighted by Gasteiger charge is -2.47. The predicted molar refractivity (Wildman–Crippen MR) is 224 cm³/mol. The van der Waals surface area contributed by atoms with Crippen LogP contribution < -0.4 is 10.6 Å². The molecule has 20 nitrogen and oxygen atoms in total. The number of fused-ring (bicyclic) bond motifs is 1. The van der Waals surface area contributed by atoms with Crippen LogP contribution in [0.25, 0.3) is 0 Å². The van der Waals surface area contributed by atoms with E-state index >= 15 is 0 Å². The maximum atomic E-state index is 12.5. The van der Waals surface area contributed by atoms with Crippen LogP contribution in [0.2, 0.25) is 0 Å². The van der Waals surface area contributed by atoms with Crippen LogP contribution in [0.15, 0.2) is 30.7 Å². The van der Waals surface area contributed by atoms with E-state index < -0.39 is 45.0 Å². The number of carbonyl (C=O) groups excluding carboxylic acids is 1. The third-order valence-electron chi connectivity index (χ3n) is 13.9. The van der Waals surface area contributed by atoms with Crippen LogP contribution in [-0.4, -0.2) is 128 Å². The summed E-state index contributed by atoms with van der Waals surface area (Å²) in [6.07, 6.45) is 10.7. The molecule has 61 heavy (non-hydrogen) atoms. The average Bonchev–Trinajstić information content (AvgIpc) is 3.24. The molecule has 0 radical (unpaired) electrons.